The van der Waals surface area contributed by atoms with E-state index in [0.717, 1.165) is 29.6 Å². The van der Waals surface area contributed by atoms with Crippen LogP contribution in [0.5, 0.6) is 0 Å². The first-order valence-electron chi connectivity index (χ1n) is 5.60. The molecule has 0 saturated carbocycles. The van der Waals surface area contributed by atoms with E-state index in [-0.39, 0.29) is 6.04 Å². The zero-order valence-corrected chi connectivity index (χ0v) is 15.6. The molecule has 0 radical (unpaired) electrons. The summed E-state index contributed by atoms with van der Waals surface area (Å²) in [7, 11) is 1.93. The lowest BCUT2D eigenvalue weighted by Crippen LogP contribution is -2.18. The van der Waals surface area contributed by atoms with Crippen molar-refractivity contribution in [3.8, 4) is 0 Å². The summed E-state index contributed by atoms with van der Waals surface area (Å²) >= 11 is 17.0. The monoisotopic (exact) mass is 465 g/mol. The van der Waals surface area contributed by atoms with Crippen LogP contribution in [-0.2, 0) is 0 Å². The summed E-state index contributed by atoms with van der Waals surface area (Å²) in [5.74, 6) is 0. The molecule has 0 aliphatic carbocycles. The van der Waals surface area contributed by atoms with Crippen LogP contribution in [0.3, 0.4) is 0 Å². The molecule has 1 N–H and O–H groups in total. The Hall–Kier alpha value is 0.130. The van der Waals surface area contributed by atoms with E-state index in [9.17, 15) is 0 Å². The third-order valence-electron chi connectivity index (χ3n) is 2.85. The maximum absolute atomic E-state index is 6.39. The molecule has 0 aromatic heterocycles. The Morgan fingerprint density at radius 3 is 2.42 bits per heavy atom. The maximum Gasteiger partial charge on any atom is 0.0601 e. The molecule has 2 aromatic rings. The second-order valence-electron chi connectivity index (χ2n) is 4.03. The van der Waals surface area contributed by atoms with Crippen LogP contribution in [0.1, 0.15) is 17.2 Å². The van der Waals surface area contributed by atoms with Gasteiger partial charge in [0.15, 0.2) is 0 Å². The van der Waals surface area contributed by atoms with Gasteiger partial charge in [0, 0.05) is 13.4 Å². The Morgan fingerprint density at radius 1 is 1.00 bits per heavy atom. The largest absolute Gasteiger partial charge is 0.309 e. The third-order valence-corrected chi connectivity index (χ3v) is 5.38. The Labute approximate surface area is 143 Å². The fraction of sp³-hybridized carbons (Fsp3) is 0.143. The van der Waals surface area contributed by atoms with Crippen LogP contribution < -0.4 is 5.32 Å². The minimum atomic E-state index is 0.0249. The van der Waals surface area contributed by atoms with E-state index in [1.54, 1.807) is 0 Å². The lowest BCUT2D eigenvalue weighted by atomic mass is 9.99. The fourth-order valence-corrected chi connectivity index (χ4v) is 3.43. The predicted molar refractivity (Wildman–Crippen MR) is 91.9 cm³/mol. The van der Waals surface area contributed by atoms with Gasteiger partial charge in [0.2, 0.25) is 0 Å². The zero-order chi connectivity index (χ0) is 14.0. The average molecular weight is 468 g/mol. The molecule has 2 aromatic carbocycles. The van der Waals surface area contributed by atoms with Crippen LogP contribution in [0.4, 0.5) is 0 Å². The first kappa shape index (κ1) is 15.5. The van der Waals surface area contributed by atoms with Gasteiger partial charge in [-0.1, -0.05) is 55.6 Å². The van der Waals surface area contributed by atoms with Crippen molar-refractivity contribution in [3.63, 3.8) is 0 Å². The zero-order valence-electron chi connectivity index (χ0n) is 10.1. The molecule has 1 unspecified atom stereocenters. The highest BCUT2D eigenvalue weighted by Crippen LogP contribution is 2.36. The Balaban J connectivity index is 2.56. The smallest absolute Gasteiger partial charge is 0.0601 e. The molecule has 0 spiro atoms. The quantitative estimate of drug-likeness (QED) is 0.588. The summed E-state index contributed by atoms with van der Waals surface area (Å²) in [6, 6.07) is 12.1. The van der Waals surface area contributed by atoms with Crippen molar-refractivity contribution in [2.45, 2.75) is 6.04 Å². The van der Waals surface area contributed by atoms with Gasteiger partial charge in [-0.2, -0.15) is 0 Å². The van der Waals surface area contributed by atoms with E-state index in [4.69, 9.17) is 11.6 Å². The number of benzene rings is 2. The lowest BCUT2D eigenvalue weighted by Gasteiger charge is -2.20. The Kier molecular flexibility index (Phi) is 5.49. The van der Waals surface area contributed by atoms with E-state index < -0.39 is 0 Å². The van der Waals surface area contributed by atoms with Crippen molar-refractivity contribution >= 4 is 59.4 Å². The highest BCUT2D eigenvalue weighted by Gasteiger charge is 2.19. The summed E-state index contributed by atoms with van der Waals surface area (Å²) in [5, 5.41) is 4.04. The van der Waals surface area contributed by atoms with Gasteiger partial charge in [0.1, 0.15) is 0 Å². The second kappa shape index (κ2) is 6.72. The molecule has 0 heterocycles. The summed E-state index contributed by atoms with van der Waals surface area (Å²) in [6.45, 7) is 0. The molecular weight excluding hydrogens is 457 g/mol. The van der Waals surface area contributed by atoms with Crippen molar-refractivity contribution in [3.05, 3.63) is 66.0 Å². The van der Waals surface area contributed by atoms with Gasteiger partial charge in [-0.15, -0.1) is 0 Å². The molecule has 1 nitrogen and oxygen atoms in total. The molecule has 100 valence electrons. The van der Waals surface area contributed by atoms with Gasteiger partial charge in [-0.3, -0.25) is 0 Å². The van der Waals surface area contributed by atoms with Crippen molar-refractivity contribution < 1.29 is 0 Å². The third kappa shape index (κ3) is 3.42. The van der Waals surface area contributed by atoms with Gasteiger partial charge < -0.3 is 5.32 Å². The van der Waals surface area contributed by atoms with Crippen LogP contribution in [0.25, 0.3) is 0 Å². The molecule has 0 fully saturated rings. The van der Waals surface area contributed by atoms with E-state index in [2.05, 4.69) is 59.2 Å². The summed E-state index contributed by atoms with van der Waals surface area (Å²) < 4.78 is 2.99. The van der Waals surface area contributed by atoms with Crippen LogP contribution in [0.2, 0.25) is 5.02 Å². The standard InChI is InChI=1S/C14H11Br3ClN/c1-19-14(9-3-2-4-12(17)13(9)18)10-7-8(15)5-6-11(10)16/h2-7,14,19H,1H3. The van der Waals surface area contributed by atoms with Crippen LogP contribution >= 0.6 is 59.4 Å². The van der Waals surface area contributed by atoms with Gasteiger partial charge in [0.05, 0.1) is 11.1 Å². The summed E-state index contributed by atoms with van der Waals surface area (Å²) in [4.78, 5) is 0. The summed E-state index contributed by atoms with van der Waals surface area (Å²) in [5.41, 5.74) is 2.18. The Bertz CT molecular complexity index is 599. The molecule has 0 amide bonds. The molecule has 1 atom stereocenters. The van der Waals surface area contributed by atoms with Crippen LogP contribution in [-0.4, -0.2) is 7.05 Å². The molecule has 19 heavy (non-hydrogen) atoms. The topological polar surface area (TPSA) is 12.0 Å². The molecule has 2 rings (SSSR count). The first-order valence-corrected chi connectivity index (χ1v) is 8.36. The van der Waals surface area contributed by atoms with Gasteiger partial charge >= 0.3 is 0 Å². The molecule has 0 aliphatic heterocycles. The second-order valence-corrected chi connectivity index (χ2v) is 7.03. The fourth-order valence-electron chi connectivity index (χ4n) is 1.96. The van der Waals surface area contributed by atoms with Crippen molar-refractivity contribution in [2.75, 3.05) is 7.05 Å². The van der Waals surface area contributed by atoms with Crippen molar-refractivity contribution in [1.29, 1.82) is 0 Å². The average Bonchev–Trinajstić information content (AvgIpc) is 2.39. The molecule has 0 saturated heterocycles. The SMILES string of the molecule is CNC(c1cc(Br)ccc1Br)c1cccc(Br)c1Cl. The highest BCUT2D eigenvalue weighted by atomic mass is 79.9. The van der Waals surface area contributed by atoms with Crippen LogP contribution in [0, 0.1) is 0 Å². The number of halogens is 4. The molecule has 0 aliphatic rings. The minimum absolute atomic E-state index is 0.0249. The normalized spacial score (nSPS) is 12.5. The van der Waals surface area contributed by atoms with Crippen molar-refractivity contribution in [1.82, 2.24) is 5.32 Å². The molecule has 0 bridgehead atoms. The Morgan fingerprint density at radius 2 is 1.74 bits per heavy atom. The van der Waals surface area contributed by atoms with E-state index in [1.165, 1.54) is 0 Å². The van der Waals surface area contributed by atoms with Crippen molar-refractivity contribution in [2.24, 2.45) is 0 Å². The van der Waals surface area contributed by atoms with Gasteiger partial charge in [-0.25, -0.2) is 0 Å². The molecular formula is C14H11Br3ClN. The molecule has 5 heteroatoms. The van der Waals surface area contributed by atoms with E-state index in [0.29, 0.717) is 0 Å². The number of rotatable bonds is 3. The number of nitrogens with one attached hydrogen (secondary N) is 1. The van der Waals surface area contributed by atoms with E-state index in [1.807, 2.05) is 37.4 Å². The number of hydrogen-bond donors (Lipinski definition) is 1. The summed E-state index contributed by atoms with van der Waals surface area (Å²) in [6.07, 6.45) is 0. The highest BCUT2D eigenvalue weighted by molar-refractivity contribution is 9.11. The predicted octanol–water partition coefficient (Wildman–Crippen LogP) is 5.94. The lowest BCUT2D eigenvalue weighted by molar-refractivity contribution is 0.688. The van der Waals surface area contributed by atoms with Gasteiger partial charge in [-0.05, 0) is 58.4 Å². The minimum Gasteiger partial charge on any atom is -0.309 e. The van der Waals surface area contributed by atoms with Crippen LogP contribution in [0.15, 0.2) is 49.8 Å². The maximum atomic E-state index is 6.39. The first-order chi connectivity index (χ1) is 9.04. The van der Waals surface area contributed by atoms with Gasteiger partial charge in [0.25, 0.3) is 0 Å². The number of hydrogen-bond acceptors (Lipinski definition) is 1. The van der Waals surface area contributed by atoms with E-state index >= 15 is 0 Å².